The normalized spacial score (nSPS) is 15.1. The minimum Gasteiger partial charge on any atom is -0.479 e. The van der Waals surface area contributed by atoms with Gasteiger partial charge in [0.2, 0.25) is 5.91 Å². The first kappa shape index (κ1) is 20.9. The fraction of sp³-hybridized carbons (Fsp3) is 0.167. The molecule has 4 heterocycles. The van der Waals surface area contributed by atoms with Crippen LogP contribution in [-0.4, -0.2) is 34.4 Å². The Balaban J connectivity index is 1.40. The Labute approximate surface area is 193 Å². The molecule has 0 saturated heterocycles. The molecule has 1 N–H and O–H groups in total. The number of carbonyl (C=O) groups excluding carboxylic acids is 2. The number of rotatable bonds is 6. The van der Waals surface area contributed by atoms with E-state index in [1.165, 1.54) is 16.2 Å². The molecule has 166 valence electrons. The lowest BCUT2D eigenvalue weighted by atomic mass is 10.1. The zero-order valence-electron chi connectivity index (χ0n) is 17.7. The van der Waals surface area contributed by atoms with Crippen molar-refractivity contribution in [3.8, 4) is 27.7 Å². The van der Waals surface area contributed by atoms with Crippen LogP contribution in [0.5, 0.6) is 5.75 Å². The van der Waals surface area contributed by atoms with Gasteiger partial charge in [-0.25, -0.2) is 4.98 Å². The van der Waals surface area contributed by atoms with Crippen LogP contribution in [0.25, 0.3) is 22.0 Å². The summed E-state index contributed by atoms with van der Waals surface area (Å²) >= 11 is 1.49. The number of ether oxygens (including phenoxy) is 1. The van der Waals surface area contributed by atoms with E-state index in [0.29, 0.717) is 17.2 Å². The molecular weight excluding hydrogens is 440 g/mol. The van der Waals surface area contributed by atoms with Crippen molar-refractivity contribution in [3.05, 3.63) is 72.1 Å². The molecule has 3 aromatic heterocycles. The van der Waals surface area contributed by atoms with Crippen molar-refractivity contribution >= 4 is 28.8 Å². The third-order valence-electron chi connectivity index (χ3n) is 5.19. The van der Waals surface area contributed by atoms with Crippen LogP contribution >= 0.6 is 11.3 Å². The monoisotopic (exact) mass is 460 g/mol. The van der Waals surface area contributed by atoms with Crippen LogP contribution in [-0.2, 0) is 16.1 Å². The number of pyridine rings is 1. The molecule has 0 aliphatic carbocycles. The highest BCUT2D eigenvalue weighted by molar-refractivity contribution is 7.13. The first-order valence-corrected chi connectivity index (χ1v) is 11.2. The van der Waals surface area contributed by atoms with Crippen molar-refractivity contribution in [2.45, 2.75) is 19.6 Å². The molecule has 8 nitrogen and oxygen atoms in total. The quantitative estimate of drug-likeness (QED) is 0.469. The zero-order chi connectivity index (χ0) is 22.8. The van der Waals surface area contributed by atoms with Crippen LogP contribution in [0, 0.1) is 0 Å². The van der Waals surface area contributed by atoms with Crippen molar-refractivity contribution < 1.29 is 18.7 Å². The summed E-state index contributed by atoms with van der Waals surface area (Å²) in [5, 5.41) is 5.53. The number of amides is 2. The minimum absolute atomic E-state index is 0.125. The number of carbonyl (C=O) groups is 2. The maximum atomic E-state index is 12.9. The predicted octanol–water partition coefficient (Wildman–Crippen LogP) is 3.90. The summed E-state index contributed by atoms with van der Waals surface area (Å²) in [6.45, 7) is 1.80. The van der Waals surface area contributed by atoms with Crippen LogP contribution in [0.2, 0.25) is 0 Å². The van der Waals surface area contributed by atoms with Gasteiger partial charge < -0.3 is 14.5 Å². The summed E-state index contributed by atoms with van der Waals surface area (Å²) in [4.78, 5) is 36.0. The summed E-state index contributed by atoms with van der Waals surface area (Å²) in [6, 6.07) is 14.7. The van der Waals surface area contributed by atoms with Gasteiger partial charge in [-0.05, 0) is 49.4 Å². The van der Waals surface area contributed by atoms with Crippen LogP contribution in [0.3, 0.4) is 0 Å². The molecule has 1 aliphatic heterocycles. The van der Waals surface area contributed by atoms with Gasteiger partial charge in [-0.15, -0.1) is 11.3 Å². The topological polar surface area (TPSA) is 97.6 Å². The van der Waals surface area contributed by atoms with E-state index in [1.807, 2.05) is 35.7 Å². The van der Waals surface area contributed by atoms with Crippen molar-refractivity contribution in [1.82, 2.24) is 15.3 Å². The van der Waals surface area contributed by atoms with Gasteiger partial charge in [-0.2, -0.15) is 0 Å². The van der Waals surface area contributed by atoms with Gasteiger partial charge >= 0.3 is 0 Å². The Morgan fingerprint density at radius 1 is 1.18 bits per heavy atom. The van der Waals surface area contributed by atoms with Crippen molar-refractivity contribution in [3.63, 3.8) is 0 Å². The molecule has 2 amide bonds. The number of aromatic nitrogens is 2. The molecule has 1 atom stereocenters. The SMILES string of the molecule is CC1Oc2ccc(-c3csc(-c4ccccn4)n3)cc2N(CC(=O)NCc2ccco2)C1=O. The highest BCUT2D eigenvalue weighted by atomic mass is 32.1. The van der Waals surface area contributed by atoms with Crippen molar-refractivity contribution in [1.29, 1.82) is 0 Å². The Morgan fingerprint density at radius 2 is 2.09 bits per heavy atom. The number of fused-ring (bicyclic) bond motifs is 1. The highest BCUT2D eigenvalue weighted by Gasteiger charge is 2.33. The average molecular weight is 461 g/mol. The van der Waals surface area contributed by atoms with Crippen LogP contribution in [0.1, 0.15) is 12.7 Å². The van der Waals surface area contributed by atoms with Gasteiger partial charge in [0.25, 0.3) is 5.91 Å². The lowest BCUT2D eigenvalue weighted by Gasteiger charge is -2.32. The minimum atomic E-state index is -0.684. The van der Waals surface area contributed by atoms with Crippen LogP contribution in [0.4, 0.5) is 5.69 Å². The molecule has 0 bridgehead atoms. The number of furan rings is 1. The van der Waals surface area contributed by atoms with Gasteiger partial charge in [-0.1, -0.05) is 6.07 Å². The van der Waals surface area contributed by atoms with E-state index < -0.39 is 6.10 Å². The smallest absolute Gasteiger partial charge is 0.268 e. The summed E-state index contributed by atoms with van der Waals surface area (Å²) in [7, 11) is 0. The van der Waals surface area contributed by atoms with E-state index in [0.717, 1.165) is 22.0 Å². The molecule has 1 aromatic carbocycles. The third-order valence-corrected chi connectivity index (χ3v) is 6.06. The van der Waals surface area contributed by atoms with Gasteiger partial charge in [-0.3, -0.25) is 19.5 Å². The largest absolute Gasteiger partial charge is 0.479 e. The number of nitrogens with zero attached hydrogens (tertiary/aromatic N) is 3. The van der Waals surface area contributed by atoms with Gasteiger partial charge in [0.1, 0.15) is 23.1 Å². The van der Waals surface area contributed by atoms with E-state index in [2.05, 4.69) is 10.3 Å². The predicted molar refractivity (Wildman–Crippen MR) is 124 cm³/mol. The van der Waals surface area contributed by atoms with E-state index in [1.54, 1.807) is 37.6 Å². The number of anilines is 1. The van der Waals surface area contributed by atoms with E-state index in [4.69, 9.17) is 14.1 Å². The average Bonchev–Trinajstić information content (AvgIpc) is 3.54. The molecule has 4 aromatic rings. The maximum Gasteiger partial charge on any atom is 0.268 e. The standard InChI is InChI=1S/C24H20N4O4S/c1-15-24(30)28(13-22(29)26-12-17-5-4-10-31-17)20-11-16(7-8-21(20)32-15)19-14-33-23(27-19)18-6-2-3-9-25-18/h2-11,14-15H,12-13H2,1H3,(H,26,29). The van der Waals surface area contributed by atoms with Crippen molar-refractivity contribution in [2.24, 2.45) is 0 Å². The summed E-state index contributed by atoms with van der Waals surface area (Å²) < 4.78 is 11.0. The molecule has 0 saturated carbocycles. The Hall–Kier alpha value is -3.98. The van der Waals surface area contributed by atoms with E-state index in [-0.39, 0.29) is 24.9 Å². The lowest BCUT2D eigenvalue weighted by molar-refractivity contribution is -0.128. The second kappa shape index (κ2) is 8.87. The van der Waals surface area contributed by atoms with Gasteiger partial charge in [0.15, 0.2) is 6.10 Å². The Morgan fingerprint density at radius 3 is 2.88 bits per heavy atom. The van der Waals surface area contributed by atoms with Crippen LogP contribution in [0.15, 0.2) is 70.8 Å². The number of nitrogens with one attached hydrogen (secondary N) is 1. The maximum absolute atomic E-state index is 12.9. The molecule has 0 spiro atoms. The van der Waals surface area contributed by atoms with E-state index in [9.17, 15) is 9.59 Å². The highest BCUT2D eigenvalue weighted by Crippen LogP contribution is 2.38. The molecule has 9 heteroatoms. The number of hydrogen-bond donors (Lipinski definition) is 1. The molecule has 5 rings (SSSR count). The third kappa shape index (κ3) is 4.35. The molecule has 1 aliphatic rings. The first-order chi connectivity index (χ1) is 16.1. The Kier molecular flexibility index (Phi) is 5.62. The van der Waals surface area contributed by atoms with Gasteiger partial charge in [0, 0.05) is 17.1 Å². The first-order valence-electron chi connectivity index (χ1n) is 10.4. The lowest BCUT2D eigenvalue weighted by Crippen LogP contribution is -2.48. The number of hydrogen-bond acceptors (Lipinski definition) is 7. The molecule has 0 fully saturated rings. The summed E-state index contributed by atoms with van der Waals surface area (Å²) in [6.07, 6.45) is 2.59. The fourth-order valence-electron chi connectivity index (χ4n) is 3.54. The number of benzene rings is 1. The summed E-state index contributed by atoms with van der Waals surface area (Å²) in [5.41, 5.74) is 2.92. The van der Waals surface area contributed by atoms with Crippen LogP contribution < -0.4 is 15.0 Å². The van der Waals surface area contributed by atoms with Crippen molar-refractivity contribution in [2.75, 3.05) is 11.4 Å². The fourth-order valence-corrected chi connectivity index (χ4v) is 4.35. The second-order valence-electron chi connectivity index (χ2n) is 7.48. The molecule has 33 heavy (non-hydrogen) atoms. The summed E-state index contributed by atoms with van der Waals surface area (Å²) in [5.74, 6) is 0.612. The molecule has 0 radical (unpaired) electrons. The van der Waals surface area contributed by atoms with E-state index >= 15 is 0 Å². The zero-order valence-corrected chi connectivity index (χ0v) is 18.5. The molecular formula is C24H20N4O4S. The van der Waals surface area contributed by atoms with Gasteiger partial charge in [0.05, 0.1) is 29.9 Å². The molecule has 1 unspecified atom stereocenters. The second-order valence-corrected chi connectivity index (χ2v) is 8.33. The number of thiazole rings is 1. The Bertz CT molecular complexity index is 1290.